The molecule has 9 heteroatoms. The second-order valence-electron chi connectivity index (χ2n) is 8.46. The molecule has 2 aromatic carbocycles. The number of esters is 1. The highest BCUT2D eigenvalue weighted by atomic mass is 35.5. The molecule has 1 amide bonds. The first kappa shape index (κ1) is 24.7. The van der Waals surface area contributed by atoms with E-state index in [4.69, 9.17) is 21.1 Å². The molecule has 1 aliphatic heterocycles. The van der Waals surface area contributed by atoms with E-state index < -0.39 is 41.5 Å². The fourth-order valence-corrected chi connectivity index (χ4v) is 3.76. The number of hydrogen-bond donors (Lipinski definition) is 2. The Bertz CT molecular complexity index is 1100. The van der Waals surface area contributed by atoms with Gasteiger partial charge >= 0.3 is 5.97 Å². The number of carbonyl (C=O) groups excluding carboxylic acids is 3. The lowest BCUT2D eigenvalue weighted by molar-refractivity contribution is -0.167. The van der Waals surface area contributed by atoms with Crippen molar-refractivity contribution in [2.24, 2.45) is 0 Å². The predicted octanol–water partition coefficient (Wildman–Crippen LogP) is 3.84. The van der Waals surface area contributed by atoms with Crippen molar-refractivity contribution in [3.05, 3.63) is 63.9 Å². The molecule has 2 N–H and O–H groups in total. The summed E-state index contributed by atoms with van der Waals surface area (Å²) >= 11 is 5.84. The van der Waals surface area contributed by atoms with Crippen LogP contribution in [-0.2, 0) is 9.53 Å². The molecular formula is C24H26ClFN2O5. The van der Waals surface area contributed by atoms with Crippen molar-refractivity contribution in [2.45, 2.75) is 51.5 Å². The van der Waals surface area contributed by atoms with Crippen LogP contribution in [0.15, 0.2) is 36.4 Å². The predicted molar refractivity (Wildman–Crippen MR) is 121 cm³/mol. The third-order valence-corrected chi connectivity index (χ3v) is 5.90. The topological polar surface area (TPSA) is 93.7 Å². The largest absolute Gasteiger partial charge is 0.484 e. The Balaban J connectivity index is 2.07. The van der Waals surface area contributed by atoms with Crippen LogP contribution in [0.4, 0.5) is 4.39 Å². The number of halogens is 2. The highest BCUT2D eigenvalue weighted by molar-refractivity contribution is 6.31. The zero-order valence-corrected chi connectivity index (χ0v) is 19.7. The summed E-state index contributed by atoms with van der Waals surface area (Å²) in [7, 11) is 1.63. The van der Waals surface area contributed by atoms with Crippen LogP contribution < -0.4 is 15.4 Å². The van der Waals surface area contributed by atoms with E-state index in [1.165, 1.54) is 19.1 Å². The number of likely N-dealkylation sites (N-methyl/N-ethyl adjacent to an activating group) is 1. The van der Waals surface area contributed by atoms with E-state index in [1.807, 2.05) is 0 Å². The number of ketones is 1. The monoisotopic (exact) mass is 476 g/mol. The molecule has 0 bridgehead atoms. The number of rotatable bonds is 6. The summed E-state index contributed by atoms with van der Waals surface area (Å²) in [6.07, 6.45) is -0.935. The van der Waals surface area contributed by atoms with Gasteiger partial charge in [-0.15, -0.1) is 0 Å². The first-order chi connectivity index (χ1) is 15.4. The van der Waals surface area contributed by atoms with E-state index in [-0.39, 0.29) is 16.4 Å². The lowest BCUT2D eigenvalue weighted by Gasteiger charge is -2.44. The number of nitrogens with one attached hydrogen (secondary N) is 2. The molecule has 0 radical (unpaired) electrons. The standard InChI is InChI=1S/C24H26ClFN2O5/c1-12(27-5)23(31)32-21-20(28-22(30)15-6-8-18(26)17(25)11-15)16-10-14(13(2)29)7-9-19(16)33-24(21,3)4/h6-12,20-21,27H,1-5H3,(H,28,30)/t12-,20-,21-/m0/s1. The summed E-state index contributed by atoms with van der Waals surface area (Å²) in [4.78, 5) is 37.7. The Morgan fingerprint density at radius 2 is 1.82 bits per heavy atom. The van der Waals surface area contributed by atoms with Crippen LogP contribution in [-0.4, -0.2) is 42.5 Å². The molecular weight excluding hydrogens is 451 g/mol. The third kappa shape index (κ3) is 5.17. The fourth-order valence-electron chi connectivity index (χ4n) is 3.58. The van der Waals surface area contributed by atoms with Crippen molar-refractivity contribution in [1.29, 1.82) is 0 Å². The molecule has 0 saturated carbocycles. The van der Waals surface area contributed by atoms with Crippen LogP contribution in [0.25, 0.3) is 0 Å². The first-order valence-corrected chi connectivity index (χ1v) is 10.8. The Labute approximate surface area is 196 Å². The molecule has 0 unspecified atom stereocenters. The van der Waals surface area contributed by atoms with Gasteiger partial charge in [0.25, 0.3) is 5.91 Å². The van der Waals surface area contributed by atoms with Crippen molar-refractivity contribution in [1.82, 2.24) is 10.6 Å². The molecule has 1 aliphatic rings. The number of benzene rings is 2. The summed E-state index contributed by atoms with van der Waals surface area (Å²) in [5.74, 6) is -1.46. The van der Waals surface area contributed by atoms with Crippen LogP contribution in [0.5, 0.6) is 5.75 Å². The van der Waals surface area contributed by atoms with Gasteiger partial charge in [0.1, 0.15) is 23.2 Å². The van der Waals surface area contributed by atoms with E-state index >= 15 is 0 Å². The Kier molecular flexibility index (Phi) is 7.09. The number of amides is 1. The summed E-state index contributed by atoms with van der Waals surface area (Å²) in [6.45, 7) is 6.56. The van der Waals surface area contributed by atoms with Gasteiger partial charge in [0.05, 0.1) is 11.1 Å². The molecule has 0 fully saturated rings. The lowest BCUT2D eigenvalue weighted by Crippen LogP contribution is -2.56. The quantitative estimate of drug-likeness (QED) is 0.486. The highest BCUT2D eigenvalue weighted by Gasteiger charge is 2.48. The molecule has 33 heavy (non-hydrogen) atoms. The van der Waals surface area contributed by atoms with Gasteiger partial charge in [0.2, 0.25) is 0 Å². The molecule has 0 saturated heterocycles. The molecule has 7 nitrogen and oxygen atoms in total. The van der Waals surface area contributed by atoms with Gasteiger partial charge in [0.15, 0.2) is 11.9 Å². The highest BCUT2D eigenvalue weighted by Crippen LogP contribution is 2.42. The summed E-state index contributed by atoms with van der Waals surface area (Å²) < 4.78 is 25.5. The first-order valence-electron chi connectivity index (χ1n) is 10.4. The third-order valence-electron chi connectivity index (χ3n) is 5.61. The average Bonchev–Trinajstić information content (AvgIpc) is 2.76. The maximum Gasteiger partial charge on any atom is 0.323 e. The second kappa shape index (κ2) is 9.49. The van der Waals surface area contributed by atoms with E-state index in [1.54, 1.807) is 46.0 Å². The molecule has 1 heterocycles. The second-order valence-corrected chi connectivity index (χ2v) is 8.87. The smallest absolute Gasteiger partial charge is 0.323 e. The van der Waals surface area contributed by atoms with Crippen molar-refractivity contribution >= 4 is 29.3 Å². The minimum Gasteiger partial charge on any atom is -0.484 e. The zero-order valence-electron chi connectivity index (χ0n) is 19.0. The number of hydrogen-bond acceptors (Lipinski definition) is 6. The summed E-state index contributed by atoms with van der Waals surface area (Å²) in [6, 6.07) is 7.05. The Morgan fingerprint density at radius 1 is 1.15 bits per heavy atom. The fraction of sp³-hybridized carbons (Fsp3) is 0.375. The molecule has 0 spiro atoms. The van der Waals surface area contributed by atoms with Crippen LogP contribution in [0.2, 0.25) is 5.02 Å². The van der Waals surface area contributed by atoms with Crippen LogP contribution in [0.1, 0.15) is 60.0 Å². The van der Waals surface area contributed by atoms with Crippen LogP contribution in [0.3, 0.4) is 0 Å². The number of ether oxygens (including phenoxy) is 2. The summed E-state index contributed by atoms with van der Waals surface area (Å²) in [5.41, 5.74) is 0.00336. The number of carbonyl (C=O) groups is 3. The Hall–Kier alpha value is -2.97. The maximum absolute atomic E-state index is 13.6. The lowest BCUT2D eigenvalue weighted by atomic mass is 9.85. The van der Waals surface area contributed by atoms with Gasteiger partial charge in [-0.05, 0) is 71.1 Å². The summed E-state index contributed by atoms with van der Waals surface area (Å²) in [5, 5.41) is 5.49. The molecule has 176 valence electrons. The van der Waals surface area contributed by atoms with E-state index in [9.17, 15) is 18.8 Å². The van der Waals surface area contributed by atoms with Gasteiger partial charge in [-0.3, -0.25) is 14.4 Å². The molecule has 0 aliphatic carbocycles. The van der Waals surface area contributed by atoms with Gasteiger partial charge in [-0.1, -0.05) is 11.6 Å². The normalized spacial score (nSPS) is 19.6. The Morgan fingerprint density at radius 3 is 2.42 bits per heavy atom. The van der Waals surface area contributed by atoms with Gasteiger partial charge in [-0.25, -0.2) is 4.39 Å². The van der Waals surface area contributed by atoms with Crippen molar-refractivity contribution in [2.75, 3.05) is 7.05 Å². The van der Waals surface area contributed by atoms with Crippen molar-refractivity contribution in [3.8, 4) is 5.75 Å². The molecule has 3 atom stereocenters. The van der Waals surface area contributed by atoms with Gasteiger partial charge in [-0.2, -0.15) is 0 Å². The minimum absolute atomic E-state index is 0.128. The van der Waals surface area contributed by atoms with Crippen LogP contribution in [0, 0.1) is 5.82 Å². The molecule has 0 aromatic heterocycles. The zero-order chi connectivity index (χ0) is 24.5. The maximum atomic E-state index is 13.6. The van der Waals surface area contributed by atoms with Gasteiger partial charge in [0, 0.05) is 16.7 Å². The van der Waals surface area contributed by atoms with Crippen molar-refractivity contribution in [3.63, 3.8) is 0 Å². The number of fused-ring (bicyclic) bond motifs is 1. The van der Waals surface area contributed by atoms with Crippen molar-refractivity contribution < 1.29 is 28.2 Å². The number of Topliss-reactive ketones (excluding diaryl/α,β-unsaturated/α-hetero) is 1. The minimum atomic E-state index is -1.02. The SMILES string of the molecule is CN[C@@H](C)C(=O)O[C@H]1[C@@H](NC(=O)c2ccc(F)c(Cl)c2)c2cc(C(C)=O)ccc2OC1(C)C. The molecule has 3 rings (SSSR count). The van der Waals surface area contributed by atoms with E-state index in [2.05, 4.69) is 10.6 Å². The average molecular weight is 477 g/mol. The molecule has 2 aromatic rings. The van der Waals surface area contributed by atoms with E-state index in [0.29, 0.717) is 16.9 Å². The van der Waals surface area contributed by atoms with Crippen LogP contribution >= 0.6 is 11.6 Å². The van der Waals surface area contributed by atoms with E-state index in [0.717, 1.165) is 6.07 Å². The van der Waals surface area contributed by atoms with Gasteiger partial charge < -0.3 is 20.1 Å².